The third kappa shape index (κ3) is 4.85. The van der Waals surface area contributed by atoms with Crippen molar-refractivity contribution >= 4 is 64.0 Å². The zero-order chi connectivity index (χ0) is 27.7. The number of carbonyl (C=O) groups is 4. The van der Waals surface area contributed by atoms with Crippen molar-refractivity contribution < 1.29 is 28.5 Å². The predicted octanol–water partition coefficient (Wildman–Crippen LogP) is 5.57. The maximum Gasteiger partial charge on any atom is 0.287 e. The zero-order valence-corrected chi connectivity index (χ0v) is 21.3. The van der Waals surface area contributed by atoms with Crippen molar-refractivity contribution in [1.29, 1.82) is 0 Å². The second kappa shape index (κ2) is 10.9. The van der Waals surface area contributed by atoms with Crippen molar-refractivity contribution in [2.45, 2.75) is 12.5 Å². The van der Waals surface area contributed by atoms with Crippen LogP contribution in [0, 0.1) is 15.9 Å². The van der Waals surface area contributed by atoms with Crippen LogP contribution in [0.3, 0.4) is 0 Å². The average Bonchev–Trinajstić information content (AvgIpc) is 3.15. The number of nitro groups is 1. The smallest absolute Gasteiger partial charge is 0.287 e. The number of carbonyl (C=O) groups excluding carboxylic acids is 4. The van der Waals surface area contributed by atoms with Crippen LogP contribution in [0.5, 0.6) is 0 Å². The second-order valence-corrected chi connectivity index (χ2v) is 9.21. The maximum absolute atomic E-state index is 13.9. The summed E-state index contributed by atoms with van der Waals surface area (Å²) in [6, 6.07) is 10.1. The largest absolute Gasteiger partial charge is 0.292 e. The van der Waals surface area contributed by atoms with Crippen LogP contribution in [-0.4, -0.2) is 50.4 Å². The van der Waals surface area contributed by atoms with Crippen LogP contribution in [0.4, 0.5) is 10.1 Å². The van der Waals surface area contributed by atoms with E-state index in [1.54, 1.807) is 0 Å². The lowest BCUT2D eigenvalue weighted by Gasteiger charge is -2.36. The van der Waals surface area contributed by atoms with E-state index in [0.29, 0.717) is 10.0 Å². The number of halogens is 4. The fraction of sp³-hybridized carbons (Fsp3) is 0.120. The van der Waals surface area contributed by atoms with Gasteiger partial charge in [-0.2, -0.15) is 5.01 Å². The predicted molar refractivity (Wildman–Crippen MR) is 136 cm³/mol. The first-order chi connectivity index (χ1) is 18.1. The number of ketones is 1. The van der Waals surface area contributed by atoms with Crippen LogP contribution in [-0.2, 0) is 0 Å². The van der Waals surface area contributed by atoms with Crippen molar-refractivity contribution in [2.75, 3.05) is 5.88 Å². The highest BCUT2D eigenvalue weighted by atomic mass is 35.5. The van der Waals surface area contributed by atoms with E-state index in [1.807, 2.05) is 0 Å². The number of imide groups is 1. The average molecular weight is 579 g/mol. The molecule has 9 nitrogen and oxygen atoms in total. The molecule has 0 saturated carbocycles. The molecule has 1 aliphatic rings. The van der Waals surface area contributed by atoms with Gasteiger partial charge in [-0.05, 0) is 55.0 Å². The molecule has 1 atom stereocenters. The minimum Gasteiger partial charge on any atom is -0.292 e. The van der Waals surface area contributed by atoms with Crippen LogP contribution in [0.15, 0.2) is 60.7 Å². The second-order valence-electron chi connectivity index (χ2n) is 8.02. The monoisotopic (exact) mass is 577 g/mol. The third-order valence-corrected chi connectivity index (χ3v) is 6.72. The van der Waals surface area contributed by atoms with Gasteiger partial charge in [0.15, 0.2) is 5.78 Å². The summed E-state index contributed by atoms with van der Waals surface area (Å²) in [6.45, 7) is 0. The Morgan fingerprint density at radius 1 is 0.974 bits per heavy atom. The quantitative estimate of drug-likeness (QED) is 0.113. The van der Waals surface area contributed by atoms with Gasteiger partial charge in [0.25, 0.3) is 23.4 Å². The molecule has 4 rings (SSSR count). The van der Waals surface area contributed by atoms with E-state index >= 15 is 0 Å². The molecule has 1 aliphatic heterocycles. The molecule has 3 aromatic carbocycles. The molecule has 0 aromatic heterocycles. The molecule has 0 bridgehead atoms. The Morgan fingerprint density at radius 2 is 1.63 bits per heavy atom. The van der Waals surface area contributed by atoms with Gasteiger partial charge >= 0.3 is 0 Å². The molecule has 194 valence electrons. The zero-order valence-electron chi connectivity index (χ0n) is 19.1. The van der Waals surface area contributed by atoms with E-state index in [4.69, 9.17) is 34.8 Å². The SMILES string of the molecule is O=C(c1ccc(F)cc1)[C@H](CCCl)N(C(=O)c1ccc(Cl)c(Cl)c1)N1C(=O)c2cccc([N+](=O)[O-])c2C1=O. The summed E-state index contributed by atoms with van der Waals surface area (Å²) in [5.41, 5.74) is -1.68. The highest BCUT2D eigenvalue weighted by Gasteiger charge is 2.49. The summed E-state index contributed by atoms with van der Waals surface area (Å²) in [6.07, 6.45) is -0.236. The summed E-state index contributed by atoms with van der Waals surface area (Å²) in [5, 5.41) is 12.7. The fourth-order valence-electron chi connectivity index (χ4n) is 4.01. The molecule has 0 saturated heterocycles. The Morgan fingerprint density at radius 3 is 2.24 bits per heavy atom. The molecule has 0 N–H and O–H groups in total. The van der Waals surface area contributed by atoms with Crippen molar-refractivity contribution in [3.8, 4) is 0 Å². The van der Waals surface area contributed by atoms with E-state index in [1.165, 1.54) is 42.5 Å². The van der Waals surface area contributed by atoms with Crippen molar-refractivity contribution in [3.63, 3.8) is 0 Å². The van der Waals surface area contributed by atoms with Gasteiger partial charge in [-0.1, -0.05) is 29.3 Å². The van der Waals surface area contributed by atoms with Crippen molar-refractivity contribution in [2.24, 2.45) is 0 Å². The standard InChI is InChI=1S/C25H15Cl3FN3O6/c26-11-10-20(22(33)13-4-7-15(29)8-5-13)30(23(34)14-6-9-17(27)18(28)12-14)31-24(35)16-2-1-3-19(32(37)38)21(16)25(31)36/h1-9,12,20H,10-11H2/t20-/m0/s1. The number of nitro benzene ring substituents is 1. The fourth-order valence-corrected chi connectivity index (χ4v) is 4.52. The number of hydrazine groups is 1. The third-order valence-electron chi connectivity index (χ3n) is 5.77. The topological polar surface area (TPSA) is 118 Å². The molecule has 0 spiro atoms. The van der Waals surface area contributed by atoms with Crippen LogP contribution < -0.4 is 0 Å². The van der Waals surface area contributed by atoms with E-state index in [9.17, 15) is 33.7 Å². The molecule has 3 amide bonds. The molecule has 3 aromatic rings. The van der Waals surface area contributed by atoms with E-state index < -0.39 is 51.5 Å². The lowest BCUT2D eigenvalue weighted by molar-refractivity contribution is -0.385. The highest BCUT2D eigenvalue weighted by Crippen LogP contribution is 2.34. The Labute approximate surface area is 229 Å². The molecule has 0 aliphatic carbocycles. The lowest BCUT2D eigenvalue weighted by Crippen LogP contribution is -2.57. The first-order valence-electron chi connectivity index (χ1n) is 10.9. The van der Waals surface area contributed by atoms with Crippen molar-refractivity contribution in [1.82, 2.24) is 10.0 Å². The van der Waals surface area contributed by atoms with Gasteiger partial charge in [0, 0.05) is 23.1 Å². The van der Waals surface area contributed by atoms with Gasteiger partial charge in [0.2, 0.25) is 0 Å². The molecule has 38 heavy (non-hydrogen) atoms. The van der Waals surface area contributed by atoms with Gasteiger partial charge < -0.3 is 0 Å². The first kappa shape index (κ1) is 27.2. The van der Waals surface area contributed by atoms with Gasteiger partial charge in [-0.25, -0.2) is 9.40 Å². The molecular formula is C25H15Cl3FN3O6. The van der Waals surface area contributed by atoms with E-state index in [-0.39, 0.29) is 39.0 Å². The van der Waals surface area contributed by atoms with Gasteiger partial charge in [-0.3, -0.25) is 29.3 Å². The number of hydrogen-bond donors (Lipinski definition) is 0. The summed E-state index contributed by atoms with van der Waals surface area (Å²) in [4.78, 5) is 65.1. The summed E-state index contributed by atoms with van der Waals surface area (Å²) in [7, 11) is 0. The Bertz CT molecular complexity index is 1500. The van der Waals surface area contributed by atoms with E-state index in [0.717, 1.165) is 18.2 Å². The minimum atomic E-state index is -1.54. The normalized spacial score (nSPS) is 13.3. The summed E-state index contributed by atoms with van der Waals surface area (Å²) >= 11 is 18.0. The van der Waals surface area contributed by atoms with Gasteiger partial charge in [0.1, 0.15) is 17.4 Å². The molecule has 0 fully saturated rings. The summed E-state index contributed by atoms with van der Waals surface area (Å²) < 4.78 is 13.5. The highest BCUT2D eigenvalue weighted by molar-refractivity contribution is 6.42. The number of amides is 3. The van der Waals surface area contributed by atoms with Gasteiger partial charge in [0.05, 0.1) is 20.5 Å². The van der Waals surface area contributed by atoms with Crippen LogP contribution in [0.25, 0.3) is 0 Å². The minimum absolute atomic E-state index is 0.0192. The Balaban J connectivity index is 1.90. The van der Waals surface area contributed by atoms with Crippen molar-refractivity contribution in [3.05, 3.63) is 109 Å². The Hall–Kier alpha value is -3.86. The Kier molecular flexibility index (Phi) is 7.77. The molecule has 13 heteroatoms. The first-order valence-corrected chi connectivity index (χ1v) is 12.2. The molecule has 1 heterocycles. The summed E-state index contributed by atoms with van der Waals surface area (Å²) in [5.74, 6) is -4.82. The van der Waals surface area contributed by atoms with E-state index in [2.05, 4.69) is 0 Å². The number of benzene rings is 3. The number of nitrogens with zero attached hydrogens (tertiary/aromatic N) is 3. The molecular weight excluding hydrogens is 564 g/mol. The number of Topliss-reactive ketones (excluding diaryl/α,β-unsaturated/α-hetero) is 1. The number of hydrogen-bond acceptors (Lipinski definition) is 6. The van der Waals surface area contributed by atoms with Gasteiger partial charge in [-0.15, -0.1) is 11.6 Å². The number of alkyl halides is 1. The molecule has 0 radical (unpaired) electrons. The van der Waals surface area contributed by atoms with Crippen LogP contribution in [0.2, 0.25) is 10.0 Å². The lowest BCUT2D eigenvalue weighted by atomic mass is 10.0. The maximum atomic E-state index is 13.9. The van der Waals surface area contributed by atoms with Crippen LogP contribution in [0.1, 0.15) is 47.9 Å². The number of rotatable bonds is 8. The molecule has 0 unspecified atom stereocenters. The number of fused-ring (bicyclic) bond motifs is 1. The van der Waals surface area contributed by atoms with Crippen LogP contribution >= 0.6 is 34.8 Å².